The van der Waals surface area contributed by atoms with Crippen molar-refractivity contribution < 1.29 is 13.2 Å². The summed E-state index contributed by atoms with van der Waals surface area (Å²) in [7, 11) is 1.74. The van der Waals surface area contributed by atoms with Crippen LogP contribution in [-0.4, -0.2) is 20.0 Å². The summed E-state index contributed by atoms with van der Waals surface area (Å²) < 4.78 is 37.8. The summed E-state index contributed by atoms with van der Waals surface area (Å²) in [6.07, 6.45) is 2.71. The van der Waals surface area contributed by atoms with Gasteiger partial charge in [0.25, 0.3) is 0 Å². The molecule has 0 aromatic carbocycles. The number of thioether (sulfide) groups is 1. The number of nitrogens with zero attached hydrogens (tertiary/aromatic N) is 3. The summed E-state index contributed by atoms with van der Waals surface area (Å²) in [5, 5.41) is 0. The number of rotatable bonds is 1. The lowest BCUT2D eigenvalue weighted by molar-refractivity contribution is -0.0328. The smallest absolute Gasteiger partial charge is 0.318 e. The molecule has 80 valence electrons. The van der Waals surface area contributed by atoms with E-state index in [4.69, 9.17) is 0 Å². The number of pyridine rings is 1. The number of alkyl halides is 3. The molecule has 2 aromatic heterocycles. The zero-order valence-electron chi connectivity index (χ0n) is 7.62. The second kappa shape index (κ2) is 3.41. The molecule has 0 unspecified atom stereocenters. The molecule has 0 bridgehead atoms. The van der Waals surface area contributed by atoms with Gasteiger partial charge in [0.1, 0.15) is 5.52 Å². The van der Waals surface area contributed by atoms with E-state index in [1.54, 1.807) is 11.6 Å². The Labute approximate surface area is 87.3 Å². The molecule has 7 heteroatoms. The van der Waals surface area contributed by atoms with Gasteiger partial charge in [0.05, 0.1) is 6.33 Å². The van der Waals surface area contributed by atoms with Gasteiger partial charge in [-0.3, -0.25) is 0 Å². The highest BCUT2D eigenvalue weighted by molar-refractivity contribution is 8.00. The molecule has 0 radical (unpaired) electrons. The predicted octanol–water partition coefficient (Wildman–Crippen LogP) is 2.58. The number of aromatic nitrogens is 3. The van der Waals surface area contributed by atoms with Crippen LogP contribution in [0.1, 0.15) is 0 Å². The van der Waals surface area contributed by atoms with E-state index in [2.05, 4.69) is 9.97 Å². The van der Waals surface area contributed by atoms with Gasteiger partial charge in [-0.1, -0.05) is 0 Å². The lowest BCUT2D eigenvalue weighted by Gasteiger charge is -2.04. The standard InChI is InChI=1S/C8H6F3N3S/c1-14-4-13-6-2-5(3-12-7(6)14)15-8(9,10)11/h2-4H,1H3. The number of imidazole rings is 1. The van der Waals surface area contributed by atoms with Gasteiger partial charge in [0.15, 0.2) is 5.65 Å². The third kappa shape index (κ3) is 2.23. The molecule has 0 saturated heterocycles. The van der Waals surface area contributed by atoms with E-state index < -0.39 is 5.51 Å². The first-order valence-corrected chi connectivity index (χ1v) is 4.80. The Morgan fingerprint density at radius 3 is 2.73 bits per heavy atom. The van der Waals surface area contributed by atoms with Gasteiger partial charge in [-0.15, -0.1) is 0 Å². The van der Waals surface area contributed by atoms with Crippen molar-refractivity contribution in [3.63, 3.8) is 0 Å². The average Bonchev–Trinajstić information content (AvgIpc) is 2.45. The number of aryl methyl sites for hydroxylation is 1. The van der Waals surface area contributed by atoms with Crippen molar-refractivity contribution in [2.24, 2.45) is 7.05 Å². The van der Waals surface area contributed by atoms with Gasteiger partial charge < -0.3 is 4.57 Å². The summed E-state index contributed by atoms with van der Waals surface area (Å²) >= 11 is -0.187. The molecule has 15 heavy (non-hydrogen) atoms. The van der Waals surface area contributed by atoms with E-state index in [-0.39, 0.29) is 16.7 Å². The minimum atomic E-state index is -4.29. The fourth-order valence-electron chi connectivity index (χ4n) is 1.19. The fraction of sp³-hybridized carbons (Fsp3) is 0.250. The van der Waals surface area contributed by atoms with E-state index in [0.29, 0.717) is 11.2 Å². The average molecular weight is 233 g/mol. The Bertz CT molecular complexity index is 491. The monoisotopic (exact) mass is 233 g/mol. The van der Waals surface area contributed by atoms with Crippen molar-refractivity contribution in [3.8, 4) is 0 Å². The predicted molar refractivity (Wildman–Crippen MR) is 50.4 cm³/mol. The first kappa shape index (κ1) is 10.3. The second-order valence-corrected chi connectivity index (χ2v) is 4.06. The Morgan fingerprint density at radius 1 is 1.33 bits per heavy atom. The minimum absolute atomic E-state index is 0.0497. The molecular formula is C8H6F3N3S. The highest BCUT2D eigenvalue weighted by Crippen LogP contribution is 2.36. The van der Waals surface area contributed by atoms with E-state index in [1.165, 1.54) is 18.6 Å². The van der Waals surface area contributed by atoms with Crippen molar-refractivity contribution in [2.75, 3.05) is 0 Å². The highest BCUT2D eigenvalue weighted by atomic mass is 32.2. The van der Waals surface area contributed by atoms with Crippen LogP contribution in [0.4, 0.5) is 13.2 Å². The number of halogens is 3. The molecule has 0 spiro atoms. The van der Waals surface area contributed by atoms with Crippen LogP contribution in [0, 0.1) is 0 Å². The van der Waals surface area contributed by atoms with Crippen molar-refractivity contribution in [1.82, 2.24) is 14.5 Å². The van der Waals surface area contributed by atoms with Gasteiger partial charge in [-0.25, -0.2) is 9.97 Å². The molecule has 0 atom stereocenters. The van der Waals surface area contributed by atoms with Gasteiger partial charge >= 0.3 is 5.51 Å². The molecule has 0 aliphatic heterocycles. The van der Waals surface area contributed by atoms with Crippen LogP contribution < -0.4 is 0 Å². The van der Waals surface area contributed by atoms with Crippen molar-refractivity contribution in [3.05, 3.63) is 18.6 Å². The first-order valence-electron chi connectivity index (χ1n) is 3.98. The van der Waals surface area contributed by atoms with Gasteiger partial charge in [0.2, 0.25) is 0 Å². The van der Waals surface area contributed by atoms with Crippen molar-refractivity contribution in [1.29, 1.82) is 0 Å². The van der Waals surface area contributed by atoms with E-state index in [0.717, 1.165) is 0 Å². The molecule has 2 aromatic rings. The maximum Gasteiger partial charge on any atom is 0.446 e. The van der Waals surface area contributed by atoms with Gasteiger partial charge in [-0.05, 0) is 17.8 Å². The van der Waals surface area contributed by atoms with Crippen LogP contribution >= 0.6 is 11.8 Å². The zero-order valence-corrected chi connectivity index (χ0v) is 8.43. The van der Waals surface area contributed by atoms with Crippen LogP contribution in [0.15, 0.2) is 23.5 Å². The first-order chi connectivity index (χ1) is 6.96. The molecule has 3 nitrogen and oxygen atoms in total. The van der Waals surface area contributed by atoms with Gasteiger partial charge in [-0.2, -0.15) is 13.2 Å². The van der Waals surface area contributed by atoms with Crippen LogP contribution in [0.25, 0.3) is 11.2 Å². The number of fused-ring (bicyclic) bond motifs is 1. The molecule has 0 aliphatic carbocycles. The molecule has 0 fully saturated rings. The summed E-state index contributed by atoms with van der Waals surface area (Å²) in [5.41, 5.74) is -3.25. The topological polar surface area (TPSA) is 30.7 Å². The molecule has 0 N–H and O–H groups in total. The van der Waals surface area contributed by atoms with Crippen LogP contribution in [0.2, 0.25) is 0 Å². The Kier molecular flexibility index (Phi) is 2.34. The third-order valence-corrected chi connectivity index (χ3v) is 2.45. The van der Waals surface area contributed by atoms with Crippen molar-refractivity contribution in [2.45, 2.75) is 10.4 Å². The largest absolute Gasteiger partial charge is 0.446 e. The number of hydrogen-bond acceptors (Lipinski definition) is 3. The molecule has 0 saturated carbocycles. The summed E-state index contributed by atoms with van der Waals surface area (Å²) in [6.45, 7) is 0. The molecule has 2 heterocycles. The zero-order chi connectivity index (χ0) is 11.1. The summed E-state index contributed by atoms with van der Waals surface area (Å²) in [4.78, 5) is 7.88. The van der Waals surface area contributed by atoms with Crippen molar-refractivity contribution >= 4 is 22.9 Å². The normalized spacial score (nSPS) is 12.3. The van der Waals surface area contributed by atoms with E-state index in [1.807, 2.05) is 0 Å². The summed E-state index contributed by atoms with van der Waals surface area (Å²) in [6, 6.07) is 1.38. The Hall–Kier alpha value is -1.24. The fourth-order valence-corrected chi connectivity index (χ4v) is 1.73. The molecule has 2 rings (SSSR count). The Morgan fingerprint density at radius 2 is 2.07 bits per heavy atom. The second-order valence-electron chi connectivity index (χ2n) is 2.92. The molecular weight excluding hydrogens is 227 g/mol. The maximum absolute atomic E-state index is 12.1. The minimum Gasteiger partial charge on any atom is -0.318 e. The number of hydrogen-bond donors (Lipinski definition) is 0. The lowest BCUT2D eigenvalue weighted by Crippen LogP contribution is -1.99. The quantitative estimate of drug-likeness (QED) is 0.709. The van der Waals surface area contributed by atoms with Crippen LogP contribution in [0.5, 0.6) is 0 Å². The van der Waals surface area contributed by atoms with Crippen LogP contribution in [0.3, 0.4) is 0 Å². The lowest BCUT2D eigenvalue weighted by atomic mass is 10.4. The van der Waals surface area contributed by atoms with E-state index in [9.17, 15) is 13.2 Å². The summed E-state index contributed by atoms with van der Waals surface area (Å²) in [5.74, 6) is 0. The molecule has 0 amide bonds. The molecule has 0 aliphatic rings. The van der Waals surface area contributed by atoms with Crippen LogP contribution in [-0.2, 0) is 7.05 Å². The SMILES string of the molecule is Cn1cnc2cc(SC(F)(F)F)cnc21. The van der Waals surface area contributed by atoms with E-state index >= 15 is 0 Å². The van der Waals surface area contributed by atoms with Gasteiger partial charge in [0, 0.05) is 18.1 Å². The maximum atomic E-state index is 12.1. The highest BCUT2D eigenvalue weighted by Gasteiger charge is 2.29. The third-order valence-electron chi connectivity index (χ3n) is 1.76. The Balaban J connectivity index is 2.39.